The van der Waals surface area contributed by atoms with Gasteiger partial charge in [0.2, 0.25) is 5.91 Å². The Balaban J connectivity index is 1.92. The third-order valence-electron chi connectivity index (χ3n) is 5.25. The Morgan fingerprint density at radius 3 is 2.74 bits per heavy atom. The molecular formula is C20H34N4O2S. The van der Waals surface area contributed by atoms with E-state index in [1.54, 1.807) is 37.4 Å². The largest absolute Gasteiger partial charge is 0.385 e. The lowest BCUT2D eigenvalue weighted by Crippen LogP contribution is -2.44. The SMILES string of the molecule is COCCC1(CNC(=NCC(=O)N(C)C)NCCc2cccs2)CCCC1. The molecule has 7 heteroatoms. The van der Waals surface area contributed by atoms with Gasteiger partial charge in [-0.1, -0.05) is 18.9 Å². The van der Waals surface area contributed by atoms with Gasteiger partial charge >= 0.3 is 0 Å². The number of thiophene rings is 1. The van der Waals surface area contributed by atoms with Crippen LogP contribution in [0.25, 0.3) is 0 Å². The Labute approximate surface area is 167 Å². The Hall–Kier alpha value is -1.60. The Bertz CT molecular complexity index is 581. The van der Waals surface area contributed by atoms with Crippen LogP contribution in [0, 0.1) is 5.41 Å². The number of nitrogens with one attached hydrogen (secondary N) is 2. The van der Waals surface area contributed by atoms with Gasteiger partial charge in [-0.2, -0.15) is 0 Å². The molecule has 1 heterocycles. The van der Waals surface area contributed by atoms with Crippen LogP contribution in [0.1, 0.15) is 37.0 Å². The van der Waals surface area contributed by atoms with Crippen LogP contribution < -0.4 is 10.6 Å². The fourth-order valence-corrected chi connectivity index (χ4v) is 4.16. The standard InChI is InChI=1S/C20H34N4O2S/c1-24(2)18(25)15-22-19(21-12-8-17-7-6-14-27-17)23-16-20(11-13-26-3)9-4-5-10-20/h6-7,14H,4-5,8-13,15-16H2,1-3H3,(H2,21,22,23). The molecule has 1 aromatic heterocycles. The topological polar surface area (TPSA) is 66.0 Å². The summed E-state index contributed by atoms with van der Waals surface area (Å²) in [4.78, 5) is 19.4. The van der Waals surface area contributed by atoms with Crippen molar-refractivity contribution in [3.63, 3.8) is 0 Å². The van der Waals surface area contributed by atoms with Crippen molar-refractivity contribution in [1.29, 1.82) is 0 Å². The smallest absolute Gasteiger partial charge is 0.243 e. The summed E-state index contributed by atoms with van der Waals surface area (Å²) in [6.07, 6.45) is 7.03. The van der Waals surface area contributed by atoms with Crippen molar-refractivity contribution in [2.24, 2.45) is 10.4 Å². The normalized spacial score (nSPS) is 16.3. The summed E-state index contributed by atoms with van der Waals surface area (Å²) < 4.78 is 5.32. The second-order valence-electron chi connectivity index (χ2n) is 7.51. The fourth-order valence-electron chi connectivity index (χ4n) is 3.45. The zero-order valence-corrected chi connectivity index (χ0v) is 17.7. The maximum atomic E-state index is 11.9. The Morgan fingerprint density at radius 1 is 1.33 bits per heavy atom. The van der Waals surface area contributed by atoms with Crippen molar-refractivity contribution in [3.05, 3.63) is 22.4 Å². The first-order valence-electron chi connectivity index (χ1n) is 9.78. The molecule has 1 aromatic rings. The van der Waals surface area contributed by atoms with Gasteiger partial charge in [-0.15, -0.1) is 11.3 Å². The molecule has 1 aliphatic carbocycles. The number of amides is 1. The average molecular weight is 395 g/mol. The molecule has 2 N–H and O–H groups in total. The third kappa shape index (κ3) is 7.50. The molecule has 1 fully saturated rings. The highest BCUT2D eigenvalue weighted by atomic mass is 32.1. The van der Waals surface area contributed by atoms with Gasteiger partial charge in [0, 0.05) is 45.8 Å². The quantitative estimate of drug-likeness (QED) is 0.473. The van der Waals surface area contributed by atoms with Gasteiger partial charge in [0.05, 0.1) is 0 Å². The van der Waals surface area contributed by atoms with E-state index in [9.17, 15) is 4.79 Å². The number of aliphatic imine (C=N–C) groups is 1. The van der Waals surface area contributed by atoms with Crippen molar-refractivity contribution in [2.75, 3.05) is 47.4 Å². The fraction of sp³-hybridized carbons (Fsp3) is 0.700. The number of rotatable bonds is 10. The average Bonchev–Trinajstić information content (AvgIpc) is 3.34. The van der Waals surface area contributed by atoms with Crippen molar-refractivity contribution >= 4 is 23.2 Å². The molecule has 1 amide bonds. The van der Waals surface area contributed by atoms with Crippen LogP contribution in [0.3, 0.4) is 0 Å². The van der Waals surface area contributed by atoms with Gasteiger partial charge in [0.1, 0.15) is 6.54 Å². The first kappa shape index (κ1) is 21.7. The summed E-state index contributed by atoms with van der Waals surface area (Å²) in [7, 11) is 5.28. The zero-order valence-electron chi connectivity index (χ0n) is 16.9. The highest BCUT2D eigenvalue weighted by Crippen LogP contribution is 2.40. The lowest BCUT2D eigenvalue weighted by Gasteiger charge is -2.30. The van der Waals surface area contributed by atoms with Crippen LogP contribution in [0.15, 0.2) is 22.5 Å². The van der Waals surface area contributed by atoms with Gasteiger partial charge in [-0.3, -0.25) is 4.79 Å². The van der Waals surface area contributed by atoms with Crippen LogP contribution in [0.4, 0.5) is 0 Å². The van der Waals surface area contributed by atoms with E-state index in [1.807, 2.05) is 0 Å². The van der Waals surface area contributed by atoms with E-state index in [1.165, 1.54) is 30.6 Å². The molecule has 0 bridgehead atoms. The lowest BCUT2D eigenvalue weighted by molar-refractivity contribution is -0.127. The first-order chi connectivity index (χ1) is 13.0. The van der Waals surface area contributed by atoms with E-state index in [4.69, 9.17) is 4.74 Å². The minimum Gasteiger partial charge on any atom is -0.385 e. The third-order valence-corrected chi connectivity index (χ3v) is 6.18. The minimum atomic E-state index is 0.00400. The van der Waals surface area contributed by atoms with E-state index in [0.717, 1.165) is 38.5 Å². The molecular weight excluding hydrogens is 360 g/mol. The van der Waals surface area contributed by atoms with Gasteiger partial charge in [-0.05, 0) is 42.5 Å². The number of carbonyl (C=O) groups is 1. The van der Waals surface area contributed by atoms with Crippen LogP contribution in [-0.2, 0) is 16.0 Å². The number of hydrogen-bond donors (Lipinski definition) is 2. The molecule has 0 radical (unpaired) electrons. The number of nitrogens with zero attached hydrogens (tertiary/aromatic N) is 2. The highest BCUT2D eigenvalue weighted by Gasteiger charge is 2.33. The van der Waals surface area contributed by atoms with E-state index in [2.05, 4.69) is 33.1 Å². The maximum Gasteiger partial charge on any atom is 0.243 e. The molecule has 1 saturated carbocycles. The van der Waals surface area contributed by atoms with Gasteiger partial charge in [0.15, 0.2) is 5.96 Å². The molecule has 0 spiro atoms. The monoisotopic (exact) mass is 394 g/mol. The van der Waals surface area contributed by atoms with Crippen molar-refractivity contribution in [1.82, 2.24) is 15.5 Å². The predicted octanol–water partition coefficient (Wildman–Crippen LogP) is 2.51. The summed E-state index contributed by atoms with van der Waals surface area (Å²) in [5.74, 6) is 0.731. The summed E-state index contributed by atoms with van der Waals surface area (Å²) in [6, 6.07) is 4.22. The second kappa shape index (κ2) is 11.3. The molecule has 0 atom stereocenters. The van der Waals surface area contributed by atoms with E-state index >= 15 is 0 Å². The maximum absolute atomic E-state index is 11.9. The van der Waals surface area contributed by atoms with Gasteiger partial charge in [-0.25, -0.2) is 4.99 Å². The lowest BCUT2D eigenvalue weighted by atomic mass is 9.83. The second-order valence-corrected chi connectivity index (χ2v) is 8.54. The molecule has 152 valence electrons. The molecule has 6 nitrogen and oxygen atoms in total. The van der Waals surface area contributed by atoms with Crippen LogP contribution >= 0.6 is 11.3 Å². The molecule has 0 saturated heterocycles. The van der Waals surface area contributed by atoms with Crippen molar-refractivity contribution in [3.8, 4) is 0 Å². The molecule has 0 aromatic carbocycles. The van der Waals surface area contributed by atoms with Crippen LogP contribution in [0.5, 0.6) is 0 Å². The summed E-state index contributed by atoms with van der Waals surface area (Å²) in [5, 5.41) is 8.99. The molecule has 1 aliphatic rings. The number of guanidine groups is 1. The highest BCUT2D eigenvalue weighted by molar-refractivity contribution is 7.09. The van der Waals surface area contributed by atoms with Gasteiger partial charge in [0.25, 0.3) is 0 Å². The van der Waals surface area contributed by atoms with E-state index < -0.39 is 0 Å². The molecule has 27 heavy (non-hydrogen) atoms. The Kier molecular flexibility index (Phi) is 9.07. The van der Waals surface area contributed by atoms with E-state index in [0.29, 0.717) is 0 Å². The predicted molar refractivity (Wildman–Crippen MR) is 112 cm³/mol. The molecule has 0 aliphatic heterocycles. The zero-order chi connectivity index (χ0) is 19.5. The minimum absolute atomic E-state index is 0.00400. The molecule has 0 unspecified atom stereocenters. The van der Waals surface area contributed by atoms with E-state index in [-0.39, 0.29) is 17.9 Å². The summed E-state index contributed by atoms with van der Waals surface area (Å²) >= 11 is 1.76. The van der Waals surface area contributed by atoms with Crippen molar-refractivity contribution in [2.45, 2.75) is 38.5 Å². The molecule has 2 rings (SSSR count). The first-order valence-corrected chi connectivity index (χ1v) is 10.7. The number of hydrogen-bond acceptors (Lipinski definition) is 4. The summed E-state index contributed by atoms with van der Waals surface area (Å²) in [5.41, 5.74) is 0.276. The number of likely N-dealkylation sites (N-methyl/N-ethyl adjacent to an activating group) is 1. The Morgan fingerprint density at radius 2 is 2.11 bits per heavy atom. The van der Waals surface area contributed by atoms with Crippen molar-refractivity contribution < 1.29 is 9.53 Å². The number of ether oxygens (including phenoxy) is 1. The number of carbonyl (C=O) groups excluding carboxylic acids is 1. The summed E-state index contributed by atoms with van der Waals surface area (Å²) in [6.45, 7) is 2.62. The van der Waals surface area contributed by atoms with Crippen LogP contribution in [0.2, 0.25) is 0 Å². The number of methoxy groups -OCH3 is 1. The van der Waals surface area contributed by atoms with Crippen LogP contribution in [-0.4, -0.2) is 64.2 Å². The van der Waals surface area contributed by atoms with Gasteiger partial charge < -0.3 is 20.3 Å².